The molecule has 3 heterocycles. The summed E-state index contributed by atoms with van der Waals surface area (Å²) in [5, 5.41) is 5.88. The highest BCUT2D eigenvalue weighted by Gasteiger charge is 2.15. The Bertz CT molecular complexity index is 1330. The minimum atomic E-state index is -3.73. The van der Waals surface area contributed by atoms with E-state index >= 15 is 0 Å². The Labute approximate surface area is 176 Å². The zero-order chi connectivity index (χ0) is 20.8. The molecule has 2 N–H and O–H groups in total. The molecule has 10 heteroatoms. The van der Waals surface area contributed by atoms with Gasteiger partial charge in [-0.15, -0.1) is 11.3 Å². The number of nitrogens with zero attached hydrogens (tertiary/aromatic N) is 4. The lowest BCUT2D eigenvalue weighted by Gasteiger charge is -2.08. The molecule has 7 nitrogen and oxygen atoms in total. The van der Waals surface area contributed by atoms with Gasteiger partial charge in [-0.1, -0.05) is 17.7 Å². The molecule has 29 heavy (non-hydrogen) atoms. The number of sulfonamides is 1. The molecule has 0 atom stereocenters. The van der Waals surface area contributed by atoms with Gasteiger partial charge in [0.25, 0.3) is 0 Å². The molecule has 1 aromatic carbocycles. The van der Waals surface area contributed by atoms with Gasteiger partial charge in [-0.25, -0.2) is 28.5 Å². The van der Waals surface area contributed by atoms with Gasteiger partial charge >= 0.3 is 0 Å². The molecule has 0 unspecified atom stereocenters. The molecular weight excluding hydrogens is 430 g/mol. The molecule has 0 fully saturated rings. The van der Waals surface area contributed by atoms with Gasteiger partial charge in [0.1, 0.15) is 10.5 Å². The van der Waals surface area contributed by atoms with Crippen molar-refractivity contribution in [3.63, 3.8) is 0 Å². The molecule has 0 bridgehead atoms. The Balaban J connectivity index is 1.72. The van der Waals surface area contributed by atoms with Crippen molar-refractivity contribution in [1.29, 1.82) is 0 Å². The number of aromatic nitrogens is 4. The Kier molecular flexibility index (Phi) is 4.99. The van der Waals surface area contributed by atoms with Crippen molar-refractivity contribution < 1.29 is 8.42 Å². The molecule has 4 rings (SSSR count). The van der Waals surface area contributed by atoms with Gasteiger partial charge in [0.15, 0.2) is 0 Å². The molecule has 0 aliphatic heterocycles. The molecule has 0 radical (unpaired) electrons. The molecule has 3 aromatic heterocycles. The number of primary sulfonamides is 1. The largest absolute Gasteiger partial charge is 0.274 e. The molecule has 0 saturated heterocycles. The lowest BCUT2D eigenvalue weighted by atomic mass is 10.1. The van der Waals surface area contributed by atoms with Gasteiger partial charge in [0, 0.05) is 22.5 Å². The van der Waals surface area contributed by atoms with Crippen LogP contribution in [0.4, 0.5) is 0 Å². The molecule has 0 aliphatic carbocycles. The molecule has 0 spiro atoms. The summed E-state index contributed by atoms with van der Waals surface area (Å²) >= 11 is 7.19. The second-order valence-electron chi connectivity index (χ2n) is 6.49. The fourth-order valence-electron chi connectivity index (χ4n) is 2.79. The third kappa shape index (κ3) is 4.08. The van der Waals surface area contributed by atoms with Crippen molar-refractivity contribution in [2.75, 3.05) is 0 Å². The van der Waals surface area contributed by atoms with Crippen LogP contribution in [0.2, 0.25) is 5.02 Å². The monoisotopic (exact) mass is 445 g/mol. The van der Waals surface area contributed by atoms with Crippen molar-refractivity contribution >= 4 is 33.0 Å². The van der Waals surface area contributed by atoms with Crippen LogP contribution in [-0.4, -0.2) is 27.9 Å². The van der Waals surface area contributed by atoms with Crippen LogP contribution in [0.25, 0.3) is 27.8 Å². The summed E-state index contributed by atoms with van der Waals surface area (Å²) in [6.45, 7) is 3.84. The number of nitrogens with two attached hydrogens (primary N) is 1. The maximum absolute atomic E-state index is 11.5. The zero-order valence-electron chi connectivity index (χ0n) is 15.5. The van der Waals surface area contributed by atoms with Gasteiger partial charge in [0.2, 0.25) is 16.0 Å². The van der Waals surface area contributed by atoms with E-state index < -0.39 is 10.0 Å². The highest BCUT2D eigenvalue weighted by Crippen LogP contribution is 2.29. The van der Waals surface area contributed by atoms with Crippen molar-refractivity contribution in [3.8, 4) is 27.8 Å². The van der Waals surface area contributed by atoms with E-state index in [4.69, 9.17) is 16.7 Å². The van der Waals surface area contributed by atoms with Crippen LogP contribution in [0.5, 0.6) is 0 Å². The number of aryl methyl sites for hydroxylation is 2. The Hall–Kier alpha value is -2.59. The number of imidazole rings is 1. The van der Waals surface area contributed by atoms with Gasteiger partial charge in [-0.3, -0.25) is 4.57 Å². The van der Waals surface area contributed by atoms with E-state index in [2.05, 4.69) is 15.0 Å². The fourth-order valence-corrected chi connectivity index (χ4v) is 4.60. The van der Waals surface area contributed by atoms with E-state index in [-0.39, 0.29) is 4.21 Å². The van der Waals surface area contributed by atoms with E-state index in [0.717, 1.165) is 33.9 Å². The SMILES string of the molecule is Cc1cc(-c2ccc(Cl)c(C)c2)nc(-n2cnc(-c3ccc(S(N)(=O)=O)s3)c2)n1. The molecule has 0 aliphatic rings. The first-order valence-corrected chi connectivity index (χ1v) is 11.2. The van der Waals surface area contributed by atoms with E-state index in [1.807, 2.05) is 38.1 Å². The minimum Gasteiger partial charge on any atom is -0.274 e. The lowest BCUT2D eigenvalue weighted by molar-refractivity contribution is 0.600. The fraction of sp³-hybridized carbons (Fsp3) is 0.105. The summed E-state index contributed by atoms with van der Waals surface area (Å²) in [4.78, 5) is 14.2. The van der Waals surface area contributed by atoms with E-state index in [9.17, 15) is 8.42 Å². The van der Waals surface area contributed by atoms with E-state index in [1.54, 1.807) is 23.2 Å². The Morgan fingerprint density at radius 2 is 1.86 bits per heavy atom. The number of rotatable bonds is 4. The van der Waals surface area contributed by atoms with Crippen LogP contribution in [-0.2, 0) is 10.0 Å². The molecular formula is C19H16ClN5O2S2. The average Bonchev–Trinajstić information content (AvgIpc) is 3.32. The maximum atomic E-state index is 11.5. The number of benzene rings is 1. The summed E-state index contributed by atoms with van der Waals surface area (Å²) in [5.41, 5.74) is 4.10. The number of hydrogen-bond donors (Lipinski definition) is 1. The summed E-state index contributed by atoms with van der Waals surface area (Å²) in [6, 6.07) is 10.8. The molecule has 148 valence electrons. The quantitative estimate of drug-likeness (QED) is 0.511. The van der Waals surface area contributed by atoms with Gasteiger partial charge in [-0.05, 0) is 49.7 Å². The van der Waals surface area contributed by atoms with Crippen molar-refractivity contribution in [3.05, 3.63) is 65.2 Å². The predicted molar refractivity (Wildman–Crippen MR) is 114 cm³/mol. The normalized spacial score (nSPS) is 11.7. The first kappa shape index (κ1) is 19.7. The Morgan fingerprint density at radius 3 is 2.55 bits per heavy atom. The number of halogens is 1. The second-order valence-corrected chi connectivity index (χ2v) is 9.77. The smallest absolute Gasteiger partial charge is 0.247 e. The van der Waals surface area contributed by atoms with Crippen molar-refractivity contribution in [2.24, 2.45) is 5.14 Å². The highest BCUT2D eigenvalue weighted by molar-refractivity contribution is 7.91. The van der Waals surface area contributed by atoms with Crippen molar-refractivity contribution in [1.82, 2.24) is 19.5 Å². The van der Waals surface area contributed by atoms with Crippen LogP contribution in [0.15, 0.2) is 53.1 Å². The zero-order valence-corrected chi connectivity index (χ0v) is 17.9. The summed E-state index contributed by atoms with van der Waals surface area (Å²) in [7, 11) is -3.73. The van der Waals surface area contributed by atoms with Crippen molar-refractivity contribution in [2.45, 2.75) is 18.1 Å². The van der Waals surface area contributed by atoms with Crippen LogP contribution in [0.3, 0.4) is 0 Å². The third-order valence-electron chi connectivity index (χ3n) is 4.22. The standard InChI is InChI=1S/C19H16ClN5O2S2/c1-11-7-13(3-4-14(11)20)15-8-12(2)23-19(24-15)25-9-16(22-10-25)17-5-6-18(28-17)29(21,26)27/h3-10H,1-2H3,(H2,21,26,27). The van der Waals surface area contributed by atoms with Gasteiger partial charge in [-0.2, -0.15) is 0 Å². The molecule has 4 aromatic rings. The number of hydrogen-bond acceptors (Lipinski definition) is 6. The average molecular weight is 446 g/mol. The second kappa shape index (κ2) is 7.34. The van der Waals surface area contributed by atoms with E-state index in [0.29, 0.717) is 21.5 Å². The first-order valence-electron chi connectivity index (χ1n) is 8.50. The predicted octanol–water partition coefficient (Wildman–Crippen LogP) is 3.98. The third-order valence-corrected chi connectivity index (χ3v) is 7.19. The maximum Gasteiger partial charge on any atom is 0.247 e. The van der Waals surface area contributed by atoms with Gasteiger partial charge in [0.05, 0.1) is 16.3 Å². The van der Waals surface area contributed by atoms with Crippen LogP contribution >= 0.6 is 22.9 Å². The highest BCUT2D eigenvalue weighted by atomic mass is 35.5. The summed E-state index contributed by atoms with van der Waals surface area (Å²) in [6.07, 6.45) is 3.35. The first-order chi connectivity index (χ1) is 13.7. The molecule has 0 amide bonds. The summed E-state index contributed by atoms with van der Waals surface area (Å²) in [5.74, 6) is 0.467. The van der Waals surface area contributed by atoms with Crippen LogP contribution < -0.4 is 5.14 Å². The Morgan fingerprint density at radius 1 is 1.07 bits per heavy atom. The summed E-state index contributed by atoms with van der Waals surface area (Å²) < 4.78 is 24.8. The van der Waals surface area contributed by atoms with Crippen LogP contribution in [0, 0.1) is 13.8 Å². The topological polar surface area (TPSA) is 104 Å². The van der Waals surface area contributed by atoms with E-state index in [1.165, 1.54) is 6.07 Å². The van der Waals surface area contributed by atoms with Gasteiger partial charge < -0.3 is 0 Å². The number of thiophene rings is 1. The minimum absolute atomic E-state index is 0.0919. The van der Waals surface area contributed by atoms with Crippen LogP contribution in [0.1, 0.15) is 11.3 Å². The lowest BCUT2D eigenvalue weighted by Crippen LogP contribution is -2.09. The molecule has 0 saturated carbocycles.